The predicted molar refractivity (Wildman–Crippen MR) is 80.1 cm³/mol. The van der Waals surface area contributed by atoms with Crippen molar-refractivity contribution >= 4 is 43.5 Å². The van der Waals surface area contributed by atoms with Crippen LogP contribution in [0.4, 0.5) is 0 Å². The van der Waals surface area contributed by atoms with E-state index >= 15 is 0 Å². The third kappa shape index (κ3) is 2.86. The first kappa shape index (κ1) is 15.8. The molecular weight excluding hydrogens is 368 g/mol. The average Bonchev–Trinajstić information content (AvgIpc) is 2.87. The topological polar surface area (TPSA) is 66.5 Å². The van der Waals surface area contributed by atoms with Crippen LogP contribution in [-0.2, 0) is 14.8 Å². The fourth-order valence-electron chi connectivity index (χ4n) is 2.27. The predicted octanol–water partition coefficient (Wildman–Crippen LogP) is 2.00. The van der Waals surface area contributed by atoms with Crippen molar-refractivity contribution in [2.24, 2.45) is 0 Å². The third-order valence-electron chi connectivity index (χ3n) is 3.23. The summed E-state index contributed by atoms with van der Waals surface area (Å²) in [4.78, 5) is 11.8. The van der Waals surface area contributed by atoms with E-state index in [-0.39, 0.29) is 15.8 Å². The van der Waals surface area contributed by atoms with Gasteiger partial charge in [-0.1, -0.05) is 27.5 Å². The van der Waals surface area contributed by atoms with Crippen LogP contribution in [0.5, 0.6) is 0 Å². The van der Waals surface area contributed by atoms with Crippen molar-refractivity contribution in [2.45, 2.75) is 23.8 Å². The molecule has 0 radical (unpaired) electrons. The van der Waals surface area contributed by atoms with Gasteiger partial charge in [0.15, 0.2) is 0 Å². The second-order valence-corrected chi connectivity index (χ2v) is 7.64. The fraction of sp³-hybridized carbons (Fsp3) is 0.417. The largest absolute Gasteiger partial charge is 0.358 e. The maximum absolute atomic E-state index is 12.6. The van der Waals surface area contributed by atoms with Gasteiger partial charge in [0.2, 0.25) is 15.9 Å². The minimum Gasteiger partial charge on any atom is -0.358 e. The van der Waals surface area contributed by atoms with Crippen LogP contribution in [0.15, 0.2) is 27.6 Å². The van der Waals surface area contributed by atoms with E-state index < -0.39 is 16.1 Å². The smallest absolute Gasteiger partial charge is 0.245 e. The summed E-state index contributed by atoms with van der Waals surface area (Å²) >= 11 is 9.25. The van der Waals surface area contributed by atoms with E-state index in [4.69, 9.17) is 11.6 Å². The maximum atomic E-state index is 12.6. The second kappa shape index (κ2) is 6.01. The average molecular weight is 382 g/mol. The summed E-state index contributed by atoms with van der Waals surface area (Å²) in [5, 5.41) is 2.64. The van der Waals surface area contributed by atoms with Crippen molar-refractivity contribution in [3.8, 4) is 0 Å². The van der Waals surface area contributed by atoms with Crippen molar-refractivity contribution in [3.05, 3.63) is 27.7 Å². The molecule has 8 heteroatoms. The van der Waals surface area contributed by atoms with Gasteiger partial charge in [-0.25, -0.2) is 8.42 Å². The van der Waals surface area contributed by atoms with Crippen molar-refractivity contribution in [2.75, 3.05) is 13.6 Å². The van der Waals surface area contributed by atoms with Gasteiger partial charge in [-0.15, -0.1) is 0 Å². The van der Waals surface area contributed by atoms with Gasteiger partial charge in [-0.2, -0.15) is 4.31 Å². The molecule has 1 aromatic rings. The number of benzene rings is 1. The SMILES string of the molecule is CNC(=O)C1CCCN1S(=O)(=O)c1ccc(Br)cc1Cl. The Morgan fingerprint density at radius 3 is 2.80 bits per heavy atom. The van der Waals surface area contributed by atoms with Crippen LogP contribution in [0.1, 0.15) is 12.8 Å². The molecule has 1 heterocycles. The number of nitrogens with zero attached hydrogens (tertiary/aromatic N) is 1. The molecular formula is C12H14BrClN2O3S. The van der Waals surface area contributed by atoms with E-state index in [1.54, 1.807) is 6.07 Å². The van der Waals surface area contributed by atoms with Gasteiger partial charge < -0.3 is 5.32 Å². The number of likely N-dealkylation sites (N-methyl/N-ethyl adjacent to an activating group) is 1. The number of hydrogen-bond acceptors (Lipinski definition) is 3. The highest BCUT2D eigenvalue weighted by Crippen LogP contribution is 2.31. The Labute approximate surface area is 131 Å². The van der Waals surface area contributed by atoms with Gasteiger partial charge in [0.25, 0.3) is 0 Å². The summed E-state index contributed by atoms with van der Waals surface area (Å²) in [7, 11) is -2.27. The van der Waals surface area contributed by atoms with Gasteiger partial charge in [-0.3, -0.25) is 4.79 Å². The van der Waals surface area contributed by atoms with Crippen LogP contribution in [0.2, 0.25) is 5.02 Å². The van der Waals surface area contributed by atoms with Gasteiger partial charge in [0.05, 0.1) is 5.02 Å². The number of nitrogens with one attached hydrogen (secondary N) is 1. The molecule has 2 rings (SSSR count). The number of rotatable bonds is 3. The Kier molecular flexibility index (Phi) is 4.73. The highest BCUT2D eigenvalue weighted by Gasteiger charge is 2.39. The molecule has 0 bridgehead atoms. The van der Waals surface area contributed by atoms with Crippen LogP contribution >= 0.6 is 27.5 Å². The molecule has 5 nitrogen and oxygen atoms in total. The number of sulfonamides is 1. The molecule has 0 saturated carbocycles. The molecule has 1 saturated heterocycles. The van der Waals surface area contributed by atoms with Crippen LogP contribution < -0.4 is 5.32 Å². The Bertz CT molecular complexity index is 636. The Morgan fingerprint density at radius 1 is 1.50 bits per heavy atom. The number of carbonyl (C=O) groups excluding carboxylic acids is 1. The molecule has 1 amide bonds. The summed E-state index contributed by atoms with van der Waals surface area (Å²) < 4.78 is 27.2. The highest BCUT2D eigenvalue weighted by molar-refractivity contribution is 9.10. The minimum absolute atomic E-state index is 0.0261. The zero-order chi connectivity index (χ0) is 14.9. The zero-order valence-electron chi connectivity index (χ0n) is 10.8. The summed E-state index contributed by atoms with van der Waals surface area (Å²) in [6, 6.07) is 3.93. The van der Waals surface area contributed by atoms with Crippen molar-refractivity contribution in [3.63, 3.8) is 0 Å². The van der Waals surface area contributed by atoms with Crippen LogP contribution in [0.3, 0.4) is 0 Å². The third-order valence-corrected chi connectivity index (χ3v) is 6.12. The lowest BCUT2D eigenvalue weighted by molar-refractivity contribution is -0.123. The molecule has 1 aliphatic heterocycles. The summed E-state index contributed by atoms with van der Waals surface area (Å²) in [6.45, 7) is 0.326. The van der Waals surface area contributed by atoms with Crippen LogP contribution in [0, 0.1) is 0 Å². The normalized spacial score (nSPS) is 20.1. The summed E-state index contributed by atoms with van der Waals surface area (Å²) in [5.74, 6) is -0.292. The molecule has 1 unspecified atom stereocenters. The number of carbonyl (C=O) groups is 1. The Morgan fingerprint density at radius 2 is 2.20 bits per heavy atom. The monoisotopic (exact) mass is 380 g/mol. The van der Waals surface area contributed by atoms with Crippen molar-refractivity contribution in [1.29, 1.82) is 0 Å². The van der Waals surface area contributed by atoms with Gasteiger partial charge in [-0.05, 0) is 31.0 Å². The van der Waals surface area contributed by atoms with Crippen molar-refractivity contribution in [1.82, 2.24) is 9.62 Å². The number of halogens is 2. The van der Waals surface area contributed by atoms with E-state index in [0.717, 1.165) is 0 Å². The molecule has 0 spiro atoms. The summed E-state index contributed by atoms with van der Waals surface area (Å²) in [6.07, 6.45) is 1.18. The molecule has 20 heavy (non-hydrogen) atoms. The number of amides is 1. The number of hydrogen-bond donors (Lipinski definition) is 1. The molecule has 0 aromatic heterocycles. The van der Waals surface area contributed by atoms with Crippen molar-refractivity contribution < 1.29 is 13.2 Å². The zero-order valence-corrected chi connectivity index (χ0v) is 13.9. The lowest BCUT2D eigenvalue weighted by Gasteiger charge is -2.23. The van der Waals surface area contributed by atoms with Crippen LogP contribution in [0.25, 0.3) is 0 Å². The Balaban J connectivity index is 2.41. The molecule has 1 aliphatic rings. The van der Waals surface area contributed by atoms with E-state index in [1.807, 2.05) is 0 Å². The second-order valence-electron chi connectivity index (χ2n) is 4.46. The molecule has 1 atom stereocenters. The quantitative estimate of drug-likeness (QED) is 0.871. The van der Waals surface area contributed by atoms with Gasteiger partial charge in [0, 0.05) is 18.1 Å². The minimum atomic E-state index is -3.77. The van der Waals surface area contributed by atoms with E-state index in [2.05, 4.69) is 21.2 Å². The lowest BCUT2D eigenvalue weighted by atomic mass is 10.2. The van der Waals surface area contributed by atoms with E-state index in [0.29, 0.717) is 23.9 Å². The maximum Gasteiger partial charge on any atom is 0.245 e. The molecule has 1 aromatic carbocycles. The van der Waals surface area contributed by atoms with Gasteiger partial charge >= 0.3 is 0 Å². The lowest BCUT2D eigenvalue weighted by Crippen LogP contribution is -2.44. The first-order valence-corrected chi connectivity index (χ1v) is 8.67. The van der Waals surface area contributed by atoms with Gasteiger partial charge in [0.1, 0.15) is 10.9 Å². The molecule has 1 fully saturated rings. The fourth-order valence-corrected chi connectivity index (χ4v) is 4.94. The molecule has 1 N–H and O–H groups in total. The highest BCUT2D eigenvalue weighted by atomic mass is 79.9. The molecule has 0 aliphatic carbocycles. The van der Waals surface area contributed by atoms with E-state index in [9.17, 15) is 13.2 Å². The van der Waals surface area contributed by atoms with E-state index in [1.165, 1.54) is 23.5 Å². The standard InChI is InChI=1S/C12H14BrClN2O3S/c1-15-12(17)10-3-2-6-16(10)20(18,19)11-5-4-8(13)7-9(11)14/h4-5,7,10H,2-3,6H2,1H3,(H,15,17). The molecule has 110 valence electrons. The summed E-state index contributed by atoms with van der Waals surface area (Å²) in [5.41, 5.74) is 0. The van der Waals surface area contributed by atoms with Crippen LogP contribution in [-0.4, -0.2) is 38.3 Å². The first-order chi connectivity index (χ1) is 9.37. The first-order valence-electron chi connectivity index (χ1n) is 6.06. The Hall–Kier alpha value is -0.630.